The monoisotopic (exact) mass is 270 g/mol. The second kappa shape index (κ2) is 4.94. The van der Waals surface area contributed by atoms with Gasteiger partial charge in [0.15, 0.2) is 0 Å². The zero-order chi connectivity index (χ0) is 11.4. The lowest BCUT2D eigenvalue weighted by Crippen LogP contribution is -2.23. The molecule has 0 saturated carbocycles. The van der Waals surface area contributed by atoms with E-state index >= 15 is 0 Å². The van der Waals surface area contributed by atoms with Crippen molar-refractivity contribution >= 4 is 27.7 Å². The first-order valence-corrected chi connectivity index (χ1v) is 5.38. The number of nitrogens with zero attached hydrogens (tertiary/aromatic N) is 3. The van der Waals surface area contributed by atoms with Gasteiger partial charge in [0.1, 0.15) is 17.5 Å². The van der Waals surface area contributed by atoms with Gasteiger partial charge in [-0.25, -0.2) is 0 Å². The SMILES string of the molecule is CCC(Br)C(=O)Nc1c(C#N)cnn1C. The molecule has 1 atom stereocenters. The fraction of sp³-hybridized carbons (Fsp3) is 0.444. The van der Waals surface area contributed by atoms with Gasteiger partial charge in [-0.05, 0) is 6.42 Å². The molecule has 0 aliphatic heterocycles. The summed E-state index contributed by atoms with van der Waals surface area (Å²) in [6.45, 7) is 1.90. The van der Waals surface area contributed by atoms with E-state index in [4.69, 9.17) is 5.26 Å². The molecule has 1 unspecified atom stereocenters. The number of carbonyl (C=O) groups is 1. The maximum atomic E-state index is 11.6. The van der Waals surface area contributed by atoms with Crippen LogP contribution in [0.1, 0.15) is 18.9 Å². The summed E-state index contributed by atoms with van der Waals surface area (Å²) in [4.78, 5) is 11.3. The van der Waals surface area contributed by atoms with Crippen LogP contribution in [0.4, 0.5) is 5.82 Å². The molecule has 1 heterocycles. The number of amides is 1. The van der Waals surface area contributed by atoms with Gasteiger partial charge in [0, 0.05) is 7.05 Å². The second-order valence-corrected chi connectivity index (χ2v) is 4.11. The Hall–Kier alpha value is -1.35. The fourth-order valence-electron chi connectivity index (χ4n) is 1.05. The van der Waals surface area contributed by atoms with Crippen LogP contribution in [0.15, 0.2) is 6.20 Å². The van der Waals surface area contributed by atoms with Gasteiger partial charge in [-0.1, -0.05) is 22.9 Å². The molecule has 0 radical (unpaired) electrons. The van der Waals surface area contributed by atoms with Crippen molar-refractivity contribution in [2.24, 2.45) is 7.05 Å². The average Bonchev–Trinajstić information content (AvgIpc) is 2.59. The molecule has 0 spiro atoms. The lowest BCUT2D eigenvalue weighted by Gasteiger charge is -2.08. The molecular formula is C9H11BrN4O. The molecule has 5 nitrogen and oxygen atoms in total. The average molecular weight is 271 g/mol. The third-order valence-corrected chi connectivity index (χ3v) is 3.01. The van der Waals surface area contributed by atoms with Crippen molar-refractivity contribution in [2.45, 2.75) is 18.2 Å². The Morgan fingerprint density at radius 3 is 3.07 bits per heavy atom. The predicted octanol–water partition coefficient (Wildman–Crippen LogP) is 1.40. The van der Waals surface area contributed by atoms with E-state index in [9.17, 15) is 4.79 Å². The minimum atomic E-state index is -0.251. The summed E-state index contributed by atoms with van der Waals surface area (Å²) in [6, 6.07) is 1.97. The minimum Gasteiger partial charge on any atom is -0.309 e. The predicted molar refractivity (Wildman–Crippen MR) is 59.6 cm³/mol. The molecule has 1 aromatic heterocycles. The van der Waals surface area contributed by atoms with E-state index in [-0.39, 0.29) is 10.7 Å². The second-order valence-electron chi connectivity index (χ2n) is 3.01. The Balaban J connectivity index is 2.85. The molecule has 1 amide bonds. The van der Waals surface area contributed by atoms with Crippen LogP contribution in [0.5, 0.6) is 0 Å². The zero-order valence-electron chi connectivity index (χ0n) is 8.49. The molecule has 1 N–H and O–H groups in total. The molecule has 0 saturated heterocycles. The standard InChI is InChI=1S/C9H11BrN4O/c1-3-7(10)9(15)13-8-6(4-11)5-12-14(8)2/h5,7H,3H2,1-2H3,(H,13,15). The summed E-state index contributed by atoms with van der Waals surface area (Å²) in [5.41, 5.74) is 0.363. The van der Waals surface area contributed by atoms with Gasteiger partial charge in [0.25, 0.3) is 0 Å². The highest BCUT2D eigenvalue weighted by Crippen LogP contribution is 2.14. The molecule has 0 fully saturated rings. The smallest absolute Gasteiger partial charge is 0.239 e. The number of aryl methyl sites for hydroxylation is 1. The summed E-state index contributed by atoms with van der Waals surface area (Å²) >= 11 is 3.23. The molecule has 0 aliphatic rings. The van der Waals surface area contributed by atoms with Crippen LogP contribution in [0, 0.1) is 11.3 Å². The van der Waals surface area contributed by atoms with Crippen molar-refractivity contribution in [3.05, 3.63) is 11.8 Å². The van der Waals surface area contributed by atoms with Crippen LogP contribution in [-0.4, -0.2) is 20.5 Å². The first kappa shape index (κ1) is 11.7. The molecule has 80 valence electrons. The van der Waals surface area contributed by atoms with Crippen molar-refractivity contribution in [3.63, 3.8) is 0 Å². The number of hydrogen-bond acceptors (Lipinski definition) is 3. The number of aromatic nitrogens is 2. The molecule has 1 aromatic rings. The molecule has 0 aromatic carbocycles. The summed E-state index contributed by atoms with van der Waals surface area (Å²) in [7, 11) is 1.67. The molecule has 6 heteroatoms. The number of hydrogen-bond donors (Lipinski definition) is 1. The summed E-state index contributed by atoms with van der Waals surface area (Å²) in [6.07, 6.45) is 2.11. The van der Waals surface area contributed by atoms with Crippen LogP contribution < -0.4 is 5.32 Å². The molecule has 1 rings (SSSR count). The Labute approximate surface area is 96.2 Å². The van der Waals surface area contributed by atoms with Crippen molar-refractivity contribution in [3.8, 4) is 6.07 Å². The van der Waals surface area contributed by atoms with E-state index in [1.54, 1.807) is 7.05 Å². The Morgan fingerprint density at radius 2 is 2.53 bits per heavy atom. The first-order valence-electron chi connectivity index (χ1n) is 4.47. The van der Waals surface area contributed by atoms with Crippen molar-refractivity contribution in [1.29, 1.82) is 5.26 Å². The Morgan fingerprint density at radius 1 is 1.87 bits per heavy atom. The van der Waals surface area contributed by atoms with E-state index in [1.165, 1.54) is 10.9 Å². The summed E-state index contributed by atoms with van der Waals surface area (Å²) < 4.78 is 1.46. The molecule has 0 aliphatic carbocycles. The van der Waals surface area contributed by atoms with Gasteiger partial charge >= 0.3 is 0 Å². The van der Waals surface area contributed by atoms with Gasteiger partial charge in [0.2, 0.25) is 5.91 Å². The number of halogens is 1. The maximum absolute atomic E-state index is 11.6. The number of anilines is 1. The topological polar surface area (TPSA) is 70.7 Å². The quantitative estimate of drug-likeness (QED) is 0.845. The van der Waals surface area contributed by atoms with Crippen molar-refractivity contribution in [2.75, 3.05) is 5.32 Å². The van der Waals surface area contributed by atoms with Crippen LogP contribution in [0.3, 0.4) is 0 Å². The number of carbonyl (C=O) groups excluding carboxylic acids is 1. The first-order chi connectivity index (χ1) is 7.10. The Bertz CT molecular complexity index is 407. The highest BCUT2D eigenvalue weighted by molar-refractivity contribution is 9.10. The number of alkyl halides is 1. The van der Waals surface area contributed by atoms with Crippen LogP contribution in [-0.2, 0) is 11.8 Å². The fourth-order valence-corrected chi connectivity index (χ4v) is 1.16. The lowest BCUT2D eigenvalue weighted by molar-refractivity contribution is -0.115. The van der Waals surface area contributed by atoms with Gasteiger partial charge in [-0.3, -0.25) is 9.48 Å². The summed E-state index contributed by atoms with van der Waals surface area (Å²) in [5.74, 6) is 0.262. The van der Waals surface area contributed by atoms with Crippen LogP contribution >= 0.6 is 15.9 Å². The van der Waals surface area contributed by atoms with E-state index < -0.39 is 0 Å². The minimum absolute atomic E-state index is 0.169. The van der Waals surface area contributed by atoms with Crippen molar-refractivity contribution in [1.82, 2.24) is 9.78 Å². The normalized spacial score (nSPS) is 11.9. The van der Waals surface area contributed by atoms with Gasteiger partial charge < -0.3 is 5.32 Å². The lowest BCUT2D eigenvalue weighted by atomic mass is 10.3. The van der Waals surface area contributed by atoms with Gasteiger partial charge in [-0.15, -0.1) is 0 Å². The van der Waals surface area contributed by atoms with Gasteiger partial charge in [0.05, 0.1) is 11.0 Å². The van der Waals surface area contributed by atoms with E-state index in [2.05, 4.69) is 26.3 Å². The number of nitrogens with one attached hydrogen (secondary N) is 1. The third kappa shape index (κ3) is 2.57. The third-order valence-electron chi connectivity index (χ3n) is 1.94. The Kier molecular flexibility index (Phi) is 3.86. The van der Waals surface area contributed by atoms with Crippen LogP contribution in [0.25, 0.3) is 0 Å². The zero-order valence-corrected chi connectivity index (χ0v) is 10.1. The number of nitriles is 1. The number of rotatable bonds is 3. The molecule has 0 bridgehead atoms. The van der Waals surface area contributed by atoms with Crippen LogP contribution in [0.2, 0.25) is 0 Å². The molecular weight excluding hydrogens is 260 g/mol. The largest absolute Gasteiger partial charge is 0.309 e. The van der Waals surface area contributed by atoms with Crippen molar-refractivity contribution < 1.29 is 4.79 Å². The summed E-state index contributed by atoms with van der Waals surface area (Å²) in [5, 5.41) is 15.3. The maximum Gasteiger partial charge on any atom is 0.239 e. The van der Waals surface area contributed by atoms with E-state index in [0.717, 1.165) is 0 Å². The van der Waals surface area contributed by atoms with E-state index in [1.807, 2.05) is 13.0 Å². The highest BCUT2D eigenvalue weighted by atomic mass is 79.9. The van der Waals surface area contributed by atoms with E-state index in [0.29, 0.717) is 17.8 Å². The molecule has 15 heavy (non-hydrogen) atoms. The van der Waals surface area contributed by atoms with Gasteiger partial charge in [-0.2, -0.15) is 10.4 Å². The highest BCUT2D eigenvalue weighted by Gasteiger charge is 2.16.